The van der Waals surface area contributed by atoms with Crippen LogP contribution in [0.15, 0.2) is 18.2 Å². The van der Waals surface area contributed by atoms with Gasteiger partial charge < -0.3 is 20.5 Å². The van der Waals surface area contributed by atoms with Crippen LogP contribution in [0, 0.1) is 0 Å². The van der Waals surface area contributed by atoms with Crippen LogP contribution >= 0.6 is 0 Å². The molecule has 4 nitrogen and oxygen atoms in total. The number of likely N-dealkylation sites (tertiary alicyclic amines) is 1. The predicted molar refractivity (Wildman–Crippen MR) is 81.9 cm³/mol. The molecule has 1 aromatic rings. The average molecular weight is 278 g/mol. The Kier molecular flexibility index (Phi) is 5.26. The first-order valence-corrected chi connectivity index (χ1v) is 7.53. The van der Waals surface area contributed by atoms with Crippen molar-refractivity contribution in [2.45, 2.75) is 45.3 Å². The number of rotatable bonds is 6. The van der Waals surface area contributed by atoms with Gasteiger partial charge in [-0.05, 0) is 63.9 Å². The number of aliphatic hydroxyl groups is 1. The second-order valence-corrected chi connectivity index (χ2v) is 5.82. The third-order valence-corrected chi connectivity index (χ3v) is 3.70. The first-order chi connectivity index (χ1) is 9.56. The number of ether oxygens (including phenoxy) is 1. The standard InChI is InChI=1S/C16H26N2O2/c1-12(2)20-16-6-5-13(11-14(16)17)15(19)7-10-18-8-3-4-9-18/h5-6,11-12,15,19H,3-4,7-10,17H2,1-2H3. The maximum absolute atomic E-state index is 10.3. The van der Waals surface area contributed by atoms with Gasteiger partial charge >= 0.3 is 0 Å². The van der Waals surface area contributed by atoms with Gasteiger partial charge in [0, 0.05) is 6.54 Å². The van der Waals surface area contributed by atoms with Crippen molar-refractivity contribution in [2.75, 3.05) is 25.4 Å². The lowest BCUT2D eigenvalue weighted by atomic mass is 10.1. The van der Waals surface area contributed by atoms with Gasteiger partial charge in [0.25, 0.3) is 0 Å². The zero-order valence-electron chi connectivity index (χ0n) is 12.5. The summed E-state index contributed by atoms with van der Waals surface area (Å²) in [7, 11) is 0. The second-order valence-electron chi connectivity index (χ2n) is 5.82. The number of hydrogen-bond acceptors (Lipinski definition) is 4. The molecule has 2 rings (SSSR count). The average Bonchev–Trinajstić information content (AvgIpc) is 2.91. The largest absolute Gasteiger partial charge is 0.489 e. The smallest absolute Gasteiger partial charge is 0.142 e. The number of aliphatic hydroxyl groups excluding tert-OH is 1. The van der Waals surface area contributed by atoms with Gasteiger partial charge in [0.2, 0.25) is 0 Å². The van der Waals surface area contributed by atoms with Crippen LogP contribution in [-0.2, 0) is 0 Å². The summed E-state index contributed by atoms with van der Waals surface area (Å²) in [5, 5.41) is 10.3. The zero-order chi connectivity index (χ0) is 14.5. The Hall–Kier alpha value is -1.26. The summed E-state index contributed by atoms with van der Waals surface area (Å²) in [5.74, 6) is 0.690. The van der Waals surface area contributed by atoms with Gasteiger partial charge in [-0.1, -0.05) is 6.07 Å². The molecule has 1 unspecified atom stereocenters. The first kappa shape index (κ1) is 15.1. The molecule has 1 heterocycles. The van der Waals surface area contributed by atoms with Crippen molar-refractivity contribution in [1.82, 2.24) is 4.90 Å². The summed E-state index contributed by atoms with van der Waals surface area (Å²) in [6.07, 6.45) is 2.97. The van der Waals surface area contributed by atoms with Gasteiger partial charge in [-0.3, -0.25) is 0 Å². The summed E-state index contributed by atoms with van der Waals surface area (Å²) >= 11 is 0. The van der Waals surface area contributed by atoms with Crippen molar-refractivity contribution in [1.29, 1.82) is 0 Å². The normalized spacial score (nSPS) is 17.6. The number of hydrogen-bond donors (Lipinski definition) is 2. The van der Waals surface area contributed by atoms with E-state index in [0.717, 1.165) is 31.6 Å². The lowest BCUT2D eigenvalue weighted by Gasteiger charge is -2.19. The van der Waals surface area contributed by atoms with E-state index >= 15 is 0 Å². The molecule has 1 saturated heterocycles. The molecule has 0 bridgehead atoms. The maximum atomic E-state index is 10.3. The van der Waals surface area contributed by atoms with Crippen LogP contribution in [0.25, 0.3) is 0 Å². The van der Waals surface area contributed by atoms with E-state index in [2.05, 4.69) is 4.90 Å². The van der Waals surface area contributed by atoms with Crippen LogP contribution < -0.4 is 10.5 Å². The number of nitrogens with two attached hydrogens (primary N) is 1. The van der Waals surface area contributed by atoms with Crippen molar-refractivity contribution < 1.29 is 9.84 Å². The fourth-order valence-electron chi connectivity index (χ4n) is 2.61. The van der Waals surface area contributed by atoms with E-state index in [4.69, 9.17) is 10.5 Å². The van der Waals surface area contributed by atoms with E-state index in [-0.39, 0.29) is 6.10 Å². The number of benzene rings is 1. The minimum atomic E-state index is -0.453. The van der Waals surface area contributed by atoms with E-state index in [1.165, 1.54) is 12.8 Å². The van der Waals surface area contributed by atoms with Crippen molar-refractivity contribution in [3.05, 3.63) is 23.8 Å². The monoisotopic (exact) mass is 278 g/mol. The molecule has 0 spiro atoms. The van der Waals surface area contributed by atoms with E-state index in [1.54, 1.807) is 0 Å². The van der Waals surface area contributed by atoms with Crippen molar-refractivity contribution in [2.24, 2.45) is 0 Å². The number of nitrogens with zero attached hydrogens (tertiary/aromatic N) is 1. The Morgan fingerprint density at radius 1 is 1.30 bits per heavy atom. The van der Waals surface area contributed by atoms with Gasteiger partial charge in [-0.25, -0.2) is 0 Å². The third-order valence-electron chi connectivity index (χ3n) is 3.70. The quantitative estimate of drug-likeness (QED) is 0.785. The highest BCUT2D eigenvalue weighted by molar-refractivity contribution is 5.54. The van der Waals surface area contributed by atoms with Gasteiger partial charge in [-0.15, -0.1) is 0 Å². The van der Waals surface area contributed by atoms with Gasteiger partial charge in [0.1, 0.15) is 5.75 Å². The fourth-order valence-corrected chi connectivity index (χ4v) is 2.61. The highest BCUT2D eigenvalue weighted by Crippen LogP contribution is 2.28. The molecule has 20 heavy (non-hydrogen) atoms. The predicted octanol–water partition coefficient (Wildman–Crippen LogP) is 2.58. The Labute approximate surface area is 121 Å². The minimum Gasteiger partial charge on any atom is -0.489 e. The minimum absolute atomic E-state index is 0.100. The van der Waals surface area contributed by atoms with Gasteiger partial charge in [-0.2, -0.15) is 0 Å². The van der Waals surface area contributed by atoms with Crippen LogP contribution in [-0.4, -0.2) is 35.7 Å². The van der Waals surface area contributed by atoms with Crippen LogP contribution in [0.2, 0.25) is 0 Å². The highest BCUT2D eigenvalue weighted by atomic mass is 16.5. The van der Waals surface area contributed by atoms with E-state index < -0.39 is 6.10 Å². The fraction of sp³-hybridized carbons (Fsp3) is 0.625. The molecule has 0 saturated carbocycles. The summed E-state index contributed by atoms with van der Waals surface area (Å²) in [5.41, 5.74) is 7.45. The molecule has 1 aromatic carbocycles. The summed E-state index contributed by atoms with van der Waals surface area (Å²) in [6, 6.07) is 5.58. The number of anilines is 1. The highest BCUT2D eigenvalue weighted by Gasteiger charge is 2.15. The molecule has 3 N–H and O–H groups in total. The Morgan fingerprint density at radius 2 is 2.00 bits per heavy atom. The molecule has 0 amide bonds. The SMILES string of the molecule is CC(C)Oc1ccc(C(O)CCN2CCCC2)cc1N. The van der Waals surface area contributed by atoms with Crippen LogP contribution in [0.1, 0.15) is 44.8 Å². The molecule has 1 fully saturated rings. The third kappa shape index (κ3) is 4.12. The molecule has 1 atom stereocenters. The molecule has 0 aromatic heterocycles. The number of nitrogen functional groups attached to an aromatic ring is 1. The van der Waals surface area contributed by atoms with Crippen molar-refractivity contribution in [3.63, 3.8) is 0 Å². The van der Waals surface area contributed by atoms with Gasteiger partial charge in [0.05, 0.1) is 17.9 Å². The lowest BCUT2D eigenvalue weighted by molar-refractivity contribution is 0.149. The van der Waals surface area contributed by atoms with E-state index in [1.807, 2.05) is 32.0 Å². The Bertz CT molecular complexity index is 428. The molecule has 112 valence electrons. The molecule has 4 heteroatoms. The Morgan fingerprint density at radius 3 is 2.60 bits per heavy atom. The topological polar surface area (TPSA) is 58.7 Å². The summed E-state index contributed by atoms with van der Waals surface area (Å²) < 4.78 is 5.61. The Balaban J connectivity index is 1.92. The summed E-state index contributed by atoms with van der Waals surface area (Å²) in [4.78, 5) is 2.41. The van der Waals surface area contributed by atoms with Crippen LogP contribution in [0.3, 0.4) is 0 Å². The molecule has 0 aliphatic carbocycles. The van der Waals surface area contributed by atoms with Crippen molar-refractivity contribution >= 4 is 5.69 Å². The zero-order valence-corrected chi connectivity index (χ0v) is 12.5. The van der Waals surface area contributed by atoms with Crippen molar-refractivity contribution in [3.8, 4) is 5.75 Å². The van der Waals surface area contributed by atoms with Crippen LogP contribution in [0.4, 0.5) is 5.69 Å². The van der Waals surface area contributed by atoms with Crippen LogP contribution in [0.5, 0.6) is 5.75 Å². The molecule has 0 radical (unpaired) electrons. The molecular weight excluding hydrogens is 252 g/mol. The lowest BCUT2D eigenvalue weighted by Crippen LogP contribution is -2.22. The first-order valence-electron chi connectivity index (χ1n) is 7.53. The van der Waals surface area contributed by atoms with Gasteiger partial charge in [0.15, 0.2) is 0 Å². The van der Waals surface area contributed by atoms with E-state index in [9.17, 15) is 5.11 Å². The maximum Gasteiger partial charge on any atom is 0.142 e. The second kappa shape index (κ2) is 6.95. The molecule has 1 aliphatic heterocycles. The molecule has 1 aliphatic rings. The van der Waals surface area contributed by atoms with E-state index in [0.29, 0.717) is 11.4 Å². The molecular formula is C16H26N2O2. The summed E-state index contributed by atoms with van der Waals surface area (Å²) in [6.45, 7) is 7.22.